The molecule has 0 saturated carbocycles. The summed E-state index contributed by atoms with van der Waals surface area (Å²) in [6.07, 6.45) is 1.58. The van der Waals surface area contributed by atoms with E-state index < -0.39 is 0 Å². The lowest BCUT2D eigenvalue weighted by molar-refractivity contribution is -0.127. The van der Waals surface area contributed by atoms with E-state index >= 15 is 0 Å². The largest absolute Gasteiger partial charge is 0.341 e. The van der Waals surface area contributed by atoms with Gasteiger partial charge in [0.05, 0.1) is 5.75 Å². The third-order valence-electron chi connectivity index (χ3n) is 2.79. The summed E-state index contributed by atoms with van der Waals surface area (Å²) >= 11 is 1.31. The maximum absolute atomic E-state index is 13.5. The molecule has 0 N–H and O–H groups in total. The Hall–Kier alpha value is -1.89. The Balaban J connectivity index is 1.89. The normalized spacial score (nSPS) is 10.6. The summed E-state index contributed by atoms with van der Waals surface area (Å²) in [5.41, 5.74) is 0.506. The minimum absolute atomic E-state index is 0.0822. The molecule has 0 fully saturated rings. The molecule has 20 heavy (non-hydrogen) atoms. The van der Waals surface area contributed by atoms with Gasteiger partial charge in [0.15, 0.2) is 5.16 Å². The van der Waals surface area contributed by atoms with Crippen molar-refractivity contribution in [3.05, 3.63) is 42.0 Å². The summed E-state index contributed by atoms with van der Waals surface area (Å²) in [7, 11) is 3.47. The summed E-state index contributed by atoms with van der Waals surface area (Å²) in [4.78, 5) is 13.5. The minimum Gasteiger partial charge on any atom is -0.341 e. The number of rotatable bonds is 5. The van der Waals surface area contributed by atoms with Crippen LogP contribution < -0.4 is 0 Å². The van der Waals surface area contributed by atoms with Gasteiger partial charge in [-0.3, -0.25) is 4.79 Å². The van der Waals surface area contributed by atoms with Crippen LogP contribution in [-0.4, -0.2) is 38.4 Å². The van der Waals surface area contributed by atoms with Crippen molar-refractivity contribution in [1.29, 1.82) is 0 Å². The summed E-state index contributed by atoms with van der Waals surface area (Å²) in [6, 6.07) is 6.45. The Morgan fingerprint density at radius 2 is 2.20 bits per heavy atom. The molecule has 5 nitrogen and oxygen atoms in total. The van der Waals surface area contributed by atoms with Crippen molar-refractivity contribution in [3.8, 4) is 0 Å². The lowest BCUT2D eigenvalue weighted by atomic mass is 10.2. The molecule has 0 saturated heterocycles. The molecular weight excluding hydrogens is 279 g/mol. The van der Waals surface area contributed by atoms with Gasteiger partial charge in [0.2, 0.25) is 5.91 Å². The number of hydrogen-bond acceptors (Lipinski definition) is 4. The second-order valence-electron chi connectivity index (χ2n) is 4.35. The topological polar surface area (TPSA) is 51.0 Å². The predicted molar refractivity (Wildman–Crippen MR) is 74.6 cm³/mol. The molecule has 7 heteroatoms. The molecule has 2 rings (SSSR count). The number of nitrogens with zero attached hydrogens (tertiary/aromatic N) is 4. The first-order valence-electron chi connectivity index (χ1n) is 6.02. The van der Waals surface area contributed by atoms with Crippen LogP contribution in [0.1, 0.15) is 5.56 Å². The Bertz CT molecular complexity index is 602. The van der Waals surface area contributed by atoms with E-state index in [2.05, 4.69) is 10.2 Å². The van der Waals surface area contributed by atoms with Crippen LogP contribution in [0.25, 0.3) is 0 Å². The van der Waals surface area contributed by atoms with E-state index in [-0.39, 0.29) is 24.0 Å². The zero-order valence-corrected chi connectivity index (χ0v) is 12.1. The quantitative estimate of drug-likeness (QED) is 0.788. The van der Waals surface area contributed by atoms with Gasteiger partial charge in [-0.15, -0.1) is 10.2 Å². The van der Waals surface area contributed by atoms with Crippen LogP contribution in [0.3, 0.4) is 0 Å². The Morgan fingerprint density at radius 3 is 2.85 bits per heavy atom. The zero-order valence-electron chi connectivity index (χ0n) is 11.3. The Morgan fingerprint density at radius 1 is 1.45 bits per heavy atom. The average molecular weight is 294 g/mol. The van der Waals surface area contributed by atoms with E-state index in [0.717, 1.165) is 0 Å². The van der Waals surface area contributed by atoms with Crippen LogP contribution in [-0.2, 0) is 18.4 Å². The van der Waals surface area contributed by atoms with Gasteiger partial charge in [0.25, 0.3) is 0 Å². The summed E-state index contributed by atoms with van der Waals surface area (Å²) in [5, 5.41) is 8.31. The van der Waals surface area contributed by atoms with Crippen LogP contribution >= 0.6 is 11.8 Å². The highest BCUT2D eigenvalue weighted by atomic mass is 32.2. The first-order chi connectivity index (χ1) is 9.58. The van der Waals surface area contributed by atoms with Gasteiger partial charge in [0.1, 0.15) is 12.1 Å². The van der Waals surface area contributed by atoms with E-state index in [1.54, 1.807) is 36.1 Å². The van der Waals surface area contributed by atoms with Gasteiger partial charge in [-0.1, -0.05) is 30.0 Å². The fourth-order valence-electron chi connectivity index (χ4n) is 1.61. The van der Waals surface area contributed by atoms with Crippen LogP contribution in [0.15, 0.2) is 35.7 Å². The monoisotopic (exact) mass is 294 g/mol. The van der Waals surface area contributed by atoms with Gasteiger partial charge in [0, 0.05) is 26.2 Å². The molecule has 0 bridgehead atoms. The van der Waals surface area contributed by atoms with E-state index in [0.29, 0.717) is 10.7 Å². The number of aromatic nitrogens is 3. The van der Waals surface area contributed by atoms with E-state index in [1.807, 2.05) is 7.05 Å². The van der Waals surface area contributed by atoms with E-state index in [9.17, 15) is 9.18 Å². The molecule has 0 aliphatic rings. The molecular formula is C13H15FN4OS. The van der Waals surface area contributed by atoms with Gasteiger partial charge in [-0.05, 0) is 6.07 Å². The second kappa shape index (κ2) is 6.51. The summed E-state index contributed by atoms with van der Waals surface area (Å²) in [5.74, 6) is -0.133. The number of thioether (sulfide) groups is 1. The smallest absolute Gasteiger partial charge is 0.233 e. The van der Waals surface area contributed by atoms with Crippen LogP contribution in [0.4, 0.5) is 4.39 Å². The number of hydrogen-bond donors (Lipinski definition) is 0. The number of amides is 1. The summed E-state index contributed by atoms with van der Waals surface area (Å²) in [6.45, 7) is 0.255. The first kappa shape index (κ1) is 14.5. The van der Waals surface area contributed by atoms with Crippen molar-refractivity contribution in [2.24, 2.45) is 7.05 Å². The fraction of sp³-hybridized carbons (Fsp3) is 0.308. The molecule has 0 atom stereocenters. The van der Waals surface area contributed by atoms with Crippen LogP contribution in [0, 0.1) is 5.82 Å². The molecule has 0 aliphatic heterocycles. The highest BCUT2D eigenvalue weighted by Crippen LogP contribution is 2.15. The van der Waals surface area contributed by atoms with Crippen LogP contribution in [0.2, 0.25) is 0 Å². The van der Waals surface area contributed by atoms with E-state index in [4.69, 9.17) is 0 Å². The lowest BCUT2D eigenvalue weighted by Gasteiger charge is -2.17. The van der Waals surface area contributed by atoms with Crippen molar-refractivity contribution in [2.45, 2.75) is 11.7 Å². The number of aryl methyl sites for hydroxylation is 1. The number of carbonyl (C=O) groups excluding carboxylic acids is 1. The fourth-order valence-corrected chi connectivity index (χ4v) is 2.44. The molecule has 1 aromatic carbocycles. The first-order valence-corrected chi connectivity index (χ1v) is 7.00. The molecule has 0 spiro atoms. The maximum atomic E-state index is 13.5. The number of halogens is 1. The molecule has 1 heterocycles. The summed E-state index contributed by atoms with van der Waals surface area (Å²) < 4.78 is 15.3. The molecule has 0 unspecified atom stereocenters. The van der Waals surface area contributed by atoms with Crippen molar-refractivity contribution in [1.82, 2.24) is 19.7 Å². The van der Waals surface area contributed by atoms with Crippen molar-refractivity contribution in [2.75, 3.05) is 12.8 Å². The van der Waals surface area contributed by atoms with Crippen LogP contribution in [0.5, 0.6) is 0 Å². The van der Waals surface area contributed by atoms with Gasteiger partial charge < -0.3 is 9.47 Å². The van der Waals surface area contributed by atoms with Gasteiger partial charge >= 0.3 is 0 Å². The Labute approximate surface area is 120 Å². The molecule has 1 aromatic heterocycles. The number of carbonyl (C=O) groups is 1. The van der Waals surface area contributed by atoms with Gasteiger partial charge in [-0.2, -0.15) is 0 Å². The molecule has 0 radical (unpaired) electrons. The maximum Gasteiger partial charge on any atom is 0.233 e. The highest BCUT2D eigenvalue weighted by molar-refractivity contribution is 7.99. The van der Waals surface area contributed by atoms with Gasteiger partial charge in [-0.25, -0.2) is 4.39 Å². The Kier molecular flexibility index (Phi) is 4.73. The minimum atomic E-state index is -0.298. The third kappa shape index (κ3) is 3.57. The van der Waals surface area contributed by atoms with Crippen molar-refractivity contribution < 1.29 is 9.18 Å². The molecule has 106 valence electrons. The highest BCUT2D eigenvalue weighted by Gasteiger charge is 2.13. The lowest BCUT2D eigenvalue weighted by Crippen LogP contribution is -2.28. The van der Waals surface area contributed by atoms with Crippen molar-refractivity contribution >= 4 is 17.7 Å². The standard InChI is InChI=1S/C13H15FN4OS/c1-17(7-10-5-3-4-6-11(10)14)12(19)8-20-13-16-15-9-18(13)2/h3-6,9H,7-8H2,1-2H3. The third-order valence-corrected chi connectivity index (χ3v) is 3.80. The second-order valence-corrected chi connectivity index (χ2v) is 5.30. The van der Waals surface area contributed by atoms with Crippen molar-refractivity contribution in [3.63, 3.8) is 0 Å². The van der Waals surface area contributed by atoms with E-state index in [1.165, 1.54) is 22.7 Å². The molecule has 0 aliphatic carbocycles. The molecule has 1 amide bonds. The zero-order chi connectivity index (χ0) is 14.5. The molecule has 2 aromatic rings. The average Bonchev–Trinajstić information content (AvgIpc) is 2.84. The number of benzene rings is 1. The SMILES string of the molecule is CN(Cc1ccccc1F)C(=O)CSc1nncn1C. The predicted octanol–water partition coefficient (Wildman–Crippen LogP) is 1.70.